The van der Waals surface area contributed by atoms with Gasteiger partial charge in [0.2, 0.25) is 5.91 Å². The van der Waals surface area contributed by atoms with Gasteiger partial charge in [0, 0.05) is 35.2 Å². The van der Waals surface area contributed by atoms with Crippen molar-refractivity contribution in [2.75, 3.05) is 19.6 Å². The number of carbonyl (C=O) groups is 2. The predicted molar refractivity (Wildman–Crippen MR) is 72.7 cm³/mol. The van der Waals surface area contributed by atoms with Crippen molar-refractivity contribution in [1.29, 1.82) is 0 Å². The third kappa shape index (κ3) is 3.18. The molecule has 0 aromatic heterocycles. The van der Waals surface area contributed by atoms with Crippen LogP contribution >= 0.6 is 22.6 Å². The maximum Gasteiger partial charge on any atom is 0.253 e. The van der Waals surface area contributed by atoms with Crippen LogP contribution in [0.25, 0.3) is 0 Å². The van der Waals surface area contributed by atoms with E-state index in [9.17, 15) is 9.59 Å². The number of rotatable bonds is 1. The molecule has 4 nitrogen and oxygen atoms in total. The molecule has 0 bridgehead atoms. The standard InChI is InChI=1S/C12H13IN2O2/c13-10-3-1-9(2-4-10)12(17)15-7-5-11(16)14-6-8-15/h1-4H,5-8H2,(H,14,16). The van der Waals surface area contributed by atoms with E-state index in [1.165, 1.54) is 0 Å². The van der Waals surface area contributed by atoms with Crippen molar-refractivity contribution in [3.05, 3.63) is 33.4 Å². The minimum Gasteiger partial charge on any atom is -0.354 e. The largest absolute Gasteiger partial charge is 0.354 e. The molecule has 1 N–H and O–H groups in total. The maximum absolute atomic E-state index is 12.2. The van der Waals surface area contributed by atoms with Crippen molar-refractivity contribution in [1.82, 2.24) is 10.2 Å². The molecule has 2 rings (SSSR count). The molecule has 90 valence electrons. The minimum absolute atomic E-state index is 0.00194. The van der Waals surface area contributed by atoms with E-state index in [-0.39, 0.29) is 11.8 Å². The molecule has 5 heteroatoms. The number of hydrogen-bond acceptors (Lipinski definition) is 2. The summed E-state index contributed by atoms with van der Waals surface area (Å²) in [5.74, 6) is 0.0146. The lowest BCUT2D eigenvalue weighted by atomic mass is 10.2. The van der Waals surface area contributed by atoms with Crippen LogP contribution in [0.2, 0.25) is 0 Å². The average molecular weight is 344 g/mol. The summed E-state index contributed by atoms with van der Waals surface area (Å²) in [5, 5.41) is 2.76. The highest BCUT2D eigenvalue weighted by atomic mass is 127. The van der Waals surface area contributed by atoms with Crippen LogP contribution in [0.3, 0.4) is 0 Å². The summed E-state index contributed by atoms with van der Waals surface area (Å²) in [4.78, 5) is 25.1. The van der Waals surface area contributed by atoms with Crippen LogP contribution in [0, 0.1) is 3.57 Å². The van der Waals surface area contributed by atoms with Gasteiger partial charge in [0.1, 0.15) is 0 Å². The molecule has 0 spiro atoms. The summed E-state index contributed by atoms with van der Waals surface area (Å²) in [6, 6.07) is 7.47. The molecule has 1 aromatic rings. The smallest absolute Gasteiger partial charge is 0.253 e. The highest BCUT2D eigenvalue weighted by Gasteiger charge is 2.19. The number of benzene rings is 1. The first kappa shape index (κ1) is 12.3. The molecule has 1 aliphatic heterocycles. The number of carbonyl (C=O) groups excluding carboxylic acids is 2. The van der Waals surface area contributed by atoms with Crippen molar-refractivity contribution in [2.45, 2.75) is 6.42 Å². The number of halogens is 1. The lowest BCUT2D eigenvalue weighted by Crippen LogP contribution is -2.34. The van der Waals surface area contributed by atoms with E-state index in [0.717, 1.165) is 3.57 Å². The Hall–Kier alpha value is -1.11. The fourth-order valence-corrected chi connectivity index (χ4v) is 2.10. The van der Waals surface area contributed by atoms with Crippen molar-refractivity contribution < 1.29 is 9.59 Å². The number of amides is 2. The Morgan fingerprint density at radius 1 is 1.24 bits per heavy atom. The van der Waals surface area contributed by atoms with Gasteiger partial charge in [-0.2, -0.15) is 0 Å². The highest BCUT2D eigenvalue weighted by molar-refractivity contribution is 14.1. The fourth-order valence-electron chi connectivity index (χ4n) is 1.75. The van der Waals surface area contributed by atoms with Crippen LogP contribution < -0.4 is 5.32 Å². The summed E-state index contributed by atoms with van der Waals surface area (Å²) in [5.41, 5.74) is 0.680. The van der Waals surface area contributed by atoms with Crippen LogP contribution in [0.4, 0.5) is 0 Å². The molecule has 1 saturated heterocycles. The Morgan fingerprint density at radius 3 is 2.65 bits per heavy atom. The Labute approximate surface area is 114 Å². The first-order chi connectivity index (χ1) is 8.16. The van der Waals surface area contributed by atoms with Gasteiger partial charge in [-0.1, -0.05) is 0 Å². The number of hydrogen-bond donors (Lipinski definition) is 1. The van der Waals surface area contributed by atoms with E-state index in [1.54, 1.807) is 4.90 Å². The highest BCUT2D eigenvalue weighted by Crippen LogP contribution is 2.10. The molecule has 2 amide bonds. The Morgan fingerprint density at radius 2 is 1.94 bits per heavy atom. The van der Waals surface area contributed by atoms with Gasteiger partial charge in [-0.15, -0.1) is 0 Å². The van der Waals surface area contributed by atoms with E-state index in [2.05, 4.69) is 27.9 Å². The first-order valence-corrected chi connectivity index (χ1v) is 6.56. The van der Waals surface area contributed by atoms with Crippen molar-refractivity contribution in [2.24, 2.45) is 0 Å². The second-order valence-electron chi connectivity index (χ2n) is 3.90. The van der Waals surface area contributed by atoms with E-state index < -0.39 is 0 Å². The molecule has 0 unspecified atom stereocenters. The third-order valence-corrected chi connectivity index (χ3v) is 3.41. The van der Waals surface area contributed by atoms with E-state index in [4.69, 9.17) is 0 Å². The minimum atomic E-state index is -0.00194. The van der Waals surface area contributed by atoms with Gasteiger partial charge >= 0.3 is 0 Å². The zero-order valence-corrected chi connectivity index (χ0v) is 11.4. The molecule has 0 radical (unpaired) electrons. The molecular formula is C12H13IN2O2. The predicted octanol–water partition coefficient (Wildman–Crippen LogP) is 1.25. The zero-order chi connectivity index (χ0) is 12.3. The lowest BCUT2D eigenvalue weighted by molar-refractivity contribution is -0.120. The van der Waals surface area contributed by atoms with E-state index in [1.807, 2.05) is 24.3 Å². The molecule has 1 fully saturated rings. The first-order valence-electron chi connectivity index (χ1n) is 5.48. The second-order valence-corrected chi connectivity index (χ2v) is 5.14. The van der Waals surface area contributed by atoms with Crippen molar-refractivity contribution >= 4 is 34.4 Å². The molecule has 1 aromatic carbocycles. The van der Waals surface area contributed by atoms with Gasteiger partial charge in [-0.3, -0.25) is 9.59 Å². The van der Waals surface area contributed by atoms with Crippen molar-refractivity contribution in [3.8, 4) is 0 Å². The number of nitrogens with zero attached hydrogens (tertiary/aromatic N) is 1. The molecular weight excluding hydrogens is 331 g/mol. The average Bonchev–Trinajstić information content (AvgIpc) is 2.54. The maximum atomic E-state index is 12.2. The lowest BCUT2D eigenvalue weighted by Gasteiger charge is -2.19. The van der Waals surface area contributed by atoms with Crippen LogP contribution in [-0.2, 0) is 4.79 Å². The Kier molecular flexibility index (Phi) is 3.98. The second kappa shape index (κ2) is 5.48. The summed E-state index contributed by atoms with van der Waals surface area (Å²) in [7, 11) is 0. The summed E-state index contributed by atoms with van der Waals surface area (Å²) in [6.07, 6.45) is 0.385. The summed E-state index contributed by atoms with van der Waals surface area (Å²) >= 11 is 2.20. The van der Waals surface area contributed by atoms with E-state index >= 15 is 0 Å². The van der Waals surface area contributed by atoms with E-state index in [0.29, 0.717) is 31.6 Å². The molecule has 0 atom stereocenters. The topological polar surface area (TPSA) is 49.4 Å². The van der Waals surface area contributed by atoms with Crippen LogP contribution in [0.1, 0.15) is 16.8 Å². The summed E-state index contributed by atoms with van der Waals surface area (Å²) in [6.45, 7) is 1.61. The van der Waals surface area contributed by atoms with Gasteiger partial charge in [0.25, 0.3) is 5.91 Å². The van der Waals surface area contributed by atoms with Crippen molar-refractivity contribution in [3.63, 3.8) is 0 Å². The Bertz CT molecular complexity index is 431. The van der Waals surface area contributed by atoms with Gasteiger partial charge in [-0.25, -0.2) is 0 Å². The zero-order valence-electron chi connectivity index (χ0n) is 9.28. The molecule has 17 heavy (non-hydrogen) atoms. The summed E-state index contributed by atoms with van der Waals surface area (Å²) < 4.78 is 1.10. The third-order valence-electron chi connectivity index (χ3n) is 2.69. The van der Waals surface area contributed by atoms with Crippen LogP contribution in [-0.4, -0.2) is 36.3 Å². The number of nitrogens with one attached hydrogen (secondary N) is 1. The SMILES string of the molecule is O=C1CCN(C(=O)c2ccc(I)cc2)CCN1. The van der Waals surface area contributed by atoms with Gasteiger partial charge in [-0.05, 0) is 46.9 Å². The quantitative estimate of drug-likeness (QED) is 0.780. The molecule has 1 aliphatic rings. The van der Waals surface area contributed by atoms with Gasteiger partial charge in [0.05, 0.1) is 0 Å². The van der Waals surface area contributed by atoms with Crippen LogP contribution in [0.15, 0.2) is 24.3 Å². The normalized spacial score (nSPS) is 16.3. The fraction of sp³-hybridized carbons (Fsp3) is 0.333. The molecule has 0 aliphatic carbocycles. The Balaban J connectivity index is 2.08. The molecule has 0 saturated carbocycles. The molecule has 1 heterocycles. The van der Waals surface area contributed by atoms with Crippen LogP contribution in [0.5, 0.6) is 0 Å². The van der Waals surface area contributed by atoms with Gasteiger partial charge in [0.15, 0.2) is 0 Å². The van der Waals surface area contributed by atoms with Gasteiger partial charge < -0.3 is 10.2 Å². The monoisotopic (exact) mass is 344 g/mol.